The van der Waals surface area contributed by atoms with E-state index in [1.165, 1.54) is 0 Å². The van der Waals surface area contributed by atoms with Gasteiger partial charge in [0.25, 0.3) is 0 Å². The van der Waals surface area contributed by atoms with Crippen molar-refractivity contribution >= 4 is 15.8 Å². The fraction of sp³-hybridized carbons (Fsp3) is 0.941. The van der Waals surface area contributed by atoms with Crippen LogP contribution in [0.3, 0.4) is 0 Å². The van der Waals surface area contributed by atoms with Crippen molar-refractivity contribution in [1.29, 1.82) is 0 Å². The zero-order chi connectivity index (χ0) is 17.7. The van der Waals surface area contributed by atoms with E-state index in [0.717, 1.165) is 13.0 Å². The molecule has 2 aliphatic rings. The summed E-state index contributed by atoms with van der Waals surface area (Å²) in [5, 5.41) is 0. The summed E-state index contributed by atoms with van der Waals surface area (Å²) < 4.78 is 28.1. The zero-order valence-corrected chi connectivity index (χ0v) is 16.2. The zero-order valence-electron chi connectivity index (χ0n) is 15.4. The molecule has 0 spiro atoms. The number of ketones is 1. The number of Topliss-reactive ketones (excluding diaryl/α,β-unsaturated/α-hetero) is 1. The Morgan fingerprint density at radius 1 is 1.30 bits per heavy atom. The predicted molar refractivity (Wildman–Crippen MR) is 92.7 cm³/mol. The molecule has 0 aliphatic heterocycles. The maximum absolute atomic E-state index is 12.7. The third-order valence-corrected chi connectivity index (χ3v) is 7.55. The molecule has 2 atom stereocenters. The van der Waals surface area contributed by atoms with Crippen molar-refractivity contribution in [3.63, 3.8) is 0 Å². The van der Waals surface area contributed by atoms with E-state index in [1.807, 2.05) is 27.9 Å². The minimum absolute atomic E-state index is 0.0552. The highest BCUT2D eigenvalue weighted by Crippen LogP contribution is 2.64. The number of rotatable bonds is 7. The molecule has 0 aromatic carbocycles. The van der Waals surface area contributed by atoms with E-state index in [0.29, 0.717) is 25.3 Å². The number of fused-ring (bicyclic) bond motifs is 2. The van der Waals surface area contributed by atoms with Crippen molar-refractivity contribution in [3.8, 4) is 0 Å². The van der Waals surface area contributed by atoms with Crippen molar-refractivity contribution in [2.45, 2.75) is 47.0 Å². The van der Waals surface area contributed by atoms with Gasteiger partial charge in [-0.2, -0.15) is 0 Å². The molecule has 0 aromatic heterocycles. The SMILES string of the molecule is CN(C)CC(C)(C)CNS(=O)(=O)C[C@]12CC[C@@H](CC1=O)C2(C)C. The van der Waals surface area contributed by atoms with E-state index < -0.39 is 15.4 Å². The molecular formula is C17H32N2O3S. The summed E-state index contributed by atoms with van der Waals surface area (Å²) in [7, 11) is 0.488. The monoisotopic (exact) mass is 344 g/mol. The number of carbonyl (C=O) groups excluding carboxylic acids is 1. The molecule has 6 heteroatoms. The van der Waals surface area contributed by atoms with Gasteiger partial charge in [0, 0.05) is 24.9 Å². The number of hydrogen-bond acceptors (Lipinski definition) is 4. The fourth-order valence-electron chi connectivity index (χ4n) is 4.70. The molecule has 2 fully saturated rings. The van der Waals surface area contributed by atoms with Gasteiger partial charge in [0.15, 0.2) is 0 Å². The Hall–Kier alpha value is -0.460. The van der Waals surface area contributed by atoms with Crippen LogP contribution in [0.5, 0.6) is 0 Å². The van der Waals surface area contributed by atoms with E-state index in [4.69, 9.17) is 0 Å². The second-order valence-corrected chi connectivity index (χ2v) is 11.0. The molecule has 0 amide bonds. The van der Waals surface area contributed by atoms with E-state index in [1.54, 1.807) is 0 Å². The third-order valence-electron chi connectivity index (χ3n) is 6.09. The molecule has 2 rings (SSSR count). The molecule has 5 nitrogen and oxygen atoms in total. The molecule has 2 saturated carbocycles. The van der Waals surface area contributed by atoms with Crippen LogP contribution in [0, 0.1) is 22.2 Å². The quantitative estimate of drug-likeness (QED) is 0.766. The minimum atomic E-state index is -3.47. The summed E-state index contributed by atoms with van der Waals surface area (Å²) in [6.45, 7) is 9.42. The lowest BCUT2D eigenvalue weighted by atomic mass is 9.70. The van der Waals surface area contributed by atoms with Gasteiger partial charge in [0.1, 0.15) is 5.78 Å². The van der Waals surface area contributed by atoms with Gasteiger partial charge in [-0.15, -0.1) is 0 Å². The normalized spacial score (nSPS) is 30.4. The number of carbonyl (C=O) groups is 1. The molecular weight excluding hydrogens is 312 g/mol. The van der Waals surface area contributed by atoms with Crippen LogP contribution in [0.1, 0.15) is 47.0 Å². The van der Waals surface area contributed by atoms with Crippen LogP contribution in [0.15, 0.2) is 0 Å². The Labute approximate surface area is 141 Å². The maximum atomic E-state index is 12.7. The summed E-state index contributed by atoms with van der Waals surface area (Å²) in [6, 6.07) is 0. The topological polar surface area (TPSA) is 66.5 Å². The summed E-state index contributed by atoms with van der Waals surface area (Å²) in [4.78, 5) is 14.6. The van der Waals surface area contributed by atoms with Crippen molar-refractivity contribution in [2.75, 3.05) is 32.9 Å². The Bertz CT molecular complexity index is 581. The van der Waals surface area contributed by atoms with Crippen LogP contribution in [-0.4, -0.2) is 52.0 Å². The van der Waals surface area contributed by atoms with Crippen molar-refractivity contribution in [1.82, 2.24) is 9.62 Å². The first-order valence-electron chi connectivity index (χ1n) is 8.47. The lowest BCUT2D eigenvalue weighted by molar-refractivity contribution is -0.128. The molecule has 0 saturated heterocycles. The van der Waals surface area contributed by atoms with Gasteiger partial charge in [0.2, 0.25) is 10.0 Å². The highest BCUT2D eigenvalue weighted by molar-refractivity contribution is 7.89. The highest BCUT2D eigenvalue weighted by atomic mass is 32.2. The maximum Gasteiger partial charge on any atom is 0.212 e. The van der Waals surface area contributed by atoms with Gasteiger partial charge in [-0.25, -0.2) is 13.1 Å². The molecule has 23 heavy (non-hydrogen) atoms. The van der Waals surface area contributed by atoms with Crippen LogP contribution < -0.4 is 4.72 Å². The van der Waals surface area contributed by atoms with Crippen molar-refractivity contribution in [3.05, 3.63) is 0 Å². The summed E-state index contributed by atoms with van der Waals surface area (Å²) in [5.41, 5.74) is -1.05. The first-order chi connectivity index (χ1) is 10.3. The first kappa shape index (κ1) is 18.9. The van der Waals surface area contributed by atoms with E-state index in [9.17, 15) is 13.2 Å². The average Bonchev–Trinajstić information content (AvgIpc) is 2.69. The summed E-state index contributed by atoms with van der Waals surface area (Å²) in [5.74, 6) is 0.437. The largest absolute Gasteiger partial charge is 0.309 e. The lowest BCUT2D eigenvalue weighted by Crippen LogP contribution is -2.47. The van der Waals surface area contributed by atoms with Gasteiger partial charge >= 0.3 is 0 Å². The summed E-state index contributed by atoms with van der Waals surface area (Å²) >= 11 is 0. The average molecular weight is 345 g/mol. The smallest absolute Gasteiger partial charge is 0.212 e. The van der Waals surface area contributed by atoms with Gasteiger partial charge in [-0.1, -0.05) is 27.7 Å². The van der Waals surface area contributed by atoms with Gasteiger partial charge < -0.3 is 4.90 Å². The number of nitrogens with zero attached hydrogens (tertiary/aromatic N) is 1. The lowest BCUT2D eigenvalue weighted by Gasteiger charge is -2.36. The molecule has 2 bridgehead atoms. The molecule has 0 unspecified atom stereocenters. The van der Waals surface area contributed by atoms with Crippen LogP contribution in [0.25, 0.3) is 0 Å². The van der Waals surface area contributed by atoms with Crippen LogP contribution >= 0.6 is 0 Å². The van der Waals surface area contributed by atoms with Gasteiger partial charge in [0.05, 0.1) is 5.75 Å². The van der Waals surface area contributed by atoms with E-state index in [2.05, 4.69) is 23.5 Å². The first-order valence-corrected chi connectivity index (χ1v) is 10.1. The fourth-order valence-corrected chi connectivity index (χ4v) is 6.74. The Morgan fingerprint density at radius 3 is 2.35 bits per heavy atom. The van der Waals surface area contributed by atoms with E-state index >= 15 is 0 Å². The minimum Gasteiger partial charge on any atom is -0.309 e. The standard InChI is InChI=1S/C17H32N2O3S/c1-15(2,11-19(5)6)10-18-23(21,22)12-17-8-7-13(9-14(17)20)16(17,3)4/h13,18H,7-12H2,1-6H3/t13-,17+/m0/s1. The molecule has 0 radical (unpaired) electrons. The van der Waals surface area contributed by atoms with Gasteiger partial charge in [-0.05, 0) is 43.7 Å². The molecule has 134 valence electrons. The summed E-state index contributed by atoms with van der Waals surface area (Å²) in [6.07, 6.45) is 2.24. The molecule has 0 heterocycles. The number of nitrogens with one attached hydrogen (secondary N) is 1. The Kier molecular flexibility index (Phi) is 4.77. The molecule has 0 aromatic rings. The van der Waals surface area contributed by atoms with Crippen LogP contribution in [-0.2, 0) is 14.8 Å². The molecule has 1 N–H and O–H groups in total. The number of hydrogen-bond donors (Lipinski definition) is 1. The predicted octanol–water partition coefficient (Wildman–Crippen LogP) is 1.89. The highest BCUT2D eigenvalue weighted by Gasteiger charge is 2.65. The second kappa shape index (κ2) is 5.81. The third kappa shape index (κ3) is 3.49. The van der Waals surface area contributed by atoms with Gasteiger partial charge in [-0.3, -0.25) is 4.79 Å². The van der Waals surface area contributed by atoms with Crippen LogP contribution in [0.2, 0.25) is 0 Å². The Morgan fingerprint density at radius 2 is 1.91 bits per heavy atom. The molecule has 2 aliphatic carbocycles. The van der Waals surface area contributed by atoms with E-state index in [-0.39, 0.29) is 22.4 Å². The van der Waals surface area contributed by atoms with Crippen molar-refractivity contribution < 1.29 is 13.2 Å². The second-order valence-electron chi connectivity index (χ2n) is 9.15. The van der Waals surface area contributed by atoms with Crippen molar-refractivity contribution in [2.24, 2.45) is 22.2 Å². The Balaban J connectivity index is 2.08. The number of sulfonamides is 1. The van der Waals surface area contributed by atoms with Crippen LogP contribution in [0.4, 0.5) is 0 Å².